The van der Waals surface area contributed by atoms with Gasteiger partial charge in [-0.1, -0.05) is 13.8 Å². The van der Waals surface area contributed by atoms with Gasteiger partial charge in [-0.15, -0.1) is 0 Å². The van der Waals surface area contributed by atoms with Gasteiger partial charge in [-0.2, -0.15) is 0 Å². The molecule has 0 saturated heterocycles. The van der Waals surface area contributed by atoms with E-state index in [-0.39, 0.29) is 11.9 Å². The van der Waals surface area contributed by atoms with Crippen LogP contribution in [0, 0.1) is 5.92 Å². The summed E-state index contributed by atoms with van der Waals surface area (Å²) < 4.78 is 5.07. The number of methoxy groups -OCH3 is 1. The molecule has 2 N–H and O–H groups in total. The highest BCUT2D eigenvalue weighted by molar-refractivity contribution is 5.94. The van der Waals surface area contributed by atoms with Crippen LogP contribution in [0.3, 0.4) is 0 Å². The smallest absolute Gasteiger partial charge is 0.253 e. The van der Waals surface area contributed by atoms with E-state index in [0.29, 0.717) is 18.0 Å². The first kappa shape index (κ1) is 15.5. The van der Waals surface area contributed by atoms with Gasteiger partial charge in [0.15, 0.2) is 0 Å². The van der Waals surface area contributed by atoms with E-state index in [0.717, 1.165) is 12.2 Å². The van der Waals surface area contributed by atoms with Gasteiger partial charge in [0.1, 0.15) is 5.75 Å². The molecule has 1 unspecified atom stereocenters. The quantitative estimate of drug-likeness (QED) is 0.856. The molecule has 0 radical (unpaired) electrons. The first-order valence-corrected chi connectivity index (χ1v) is 6.60. The number of benzene rings is 1. The molecule has 106 valence electrons. The van der Waals surface area contributed by atoms with Crippen LogP contribution >= 0.6 is 0 Å². The normalized spacial score (nSPS) is 12.3. The van der Waals surface area contributed by atoms with Crippen molar-refractivity contribution in [2.75, 3.05) is 20.7 Å². The maximum atomic E-state index is 12.2. The summed E-state index contributed by atoms with van der Waals surface area (Å²) in [4.78, 5) is 13.9. The summed E-state index contributed by atoms with van der Waals surface area (Å²) in [6.07, 6.45) is 0.816. The summed E-state index contributed by atoms with van der Waals surface area (Å²) in [5.74, 6) is 1.20. The van der Waals surface area contributed by atoms with Crippen molar-refractivity contribution in [2.45, 2.75) is 26.3 Å². The van der Waals surface area contributed by atoms with Crippen LogP contribution in [0.5, 0.6) is 5.75 Å². The number of nitrogens with two attached hydrogens (primary N) is 1. The Labute approximate surface area is 115 Å². The van der Waals surface area contributed by atoms with E-state index in [1.807, 2.05) is 0 Å². The van der Waals surface area contributed by atoms with Crippen LogP contribution in [0.15, 0.2) is 24.3 Å². The van der Waals surface area contributed by atoms with Crippen LogP contribution in [0.1, 0.15) is 30.6 Å². The number of carbonyl (C=O) groups excluding carboxylic acids is 1. The van der Waals surface area contributed by atoms with E-state index in [1.54, 1.807) is 43.3 Å². The molecule has 19 heavy (non-hydrogen) atoms. The third-order valence-corrected chi connectivity index (χ3v) is 3.34. The molecule has 1 rings (SSSR count). The highest BCUT2D eigenvalue weighted by Gasteiger charge is 2.14. The van der Waals surface area contributed by atoms with Crippen molar-refractivity contribution in [1.82, 2.24) is 4.90 Å². The molecular formula is C15H24N2O2. The number of rotatable bonds is 6. The van der Waals surface area contributed by atoms with Gasteiger partial charge in [0.25, 0.3) is 5.91 Å². The van der Waals surface area contributed by atoms with Gasteiger partial charge < -0.3 is 15.4 Å². The summed E-state index contributed by atoms with van der Waals surface area (Å²) in [7, 11) is 3.41. The van der Waals surface area contributed by atoms with E-state index in [2.05, 4.69) is 13.8 Å². The molecule has 0 aromatic heterocycles. The summed E-state index contributed by atoms with van der Waals surface area (Å²) in [5.41, 5.74) is 6.65. The Morgan fingerprint density at radius 1 is 1.32 bits per heavy atom. The van der Waals surface area contributed by atoms with Gasteiger partial charge in [0, 0.05) is 25.2 Å². The second-order valence-corrected chi connectivity index (χ2v) is 5.15. The maximum absolute atomic E-state index is 12.2. The number of ether oxygens (including phenoxy) is 1. The van der Waals surface area contributed by atoms with Crippen molar-refractivity contribution in [3.05, 3.63) is 29.8 Å². The molecule has 0 saturated carbocycles. The van der Waals surface area contributed by atoms with E-state index in [9.17, 15) is 4.79 Å². The van der Waals surface area contributed by atoms with Crippen LogP contribution in [0.2, 0.25) is 0 Å². The average Bonchev–Trinajstić information content (AvgIpc) is 2.43. The Hall–Kier alpha value is -1.55. The van der Waals surface area contributed by atoms with Crippen molar-refractivity contribution >= 4 is 5.91 Å². The molecule has 0 aliphatic rings. The fraction of sp³-hybridized carbons (Fsp3) is 0.533. The third kappa shape index (κ3) is 4.56. The first-order chi connectivity index (χ1) is 8.95. The molecule has 1 atom stereocenters. The van der Waals surface area contributed by atoms with Crippen molar-refractivity contribution in [2.24, 2.45) is 11.7 Å². The zero-order valence-corrected chi connectivity index (χ0v) is 12.2. The van der Waals surface area contributed by atoms with E-state index in [4.69, 9.17) is 10.5 Å². The number of amides is 1. The van der Waals surface area contributed by atoms with E-state index in [1.165, 1.54) is 0 Å². The molecule has 0 fully saturated rings. The van der Waals surface area contributed by atoms with E-state index >= 15 is 0 Å². The largest absolute Gasteiger partial charge is 0.497 e. The highest BCUT2D eigenvalue weighted by Crippen LogP contribution is 2.13. The maximum Gasteiger partial charge on any atom is 0.253 e. The van der Waals surface area contributed by atoms with Crippen LogP contribution in [-0.2, 0) is 0 Å². The zero-order chi connectivity index (χ0) is 14.4. The second kappa shape index (κ2) is 7.14. The van der Waals surface area contributed by atoms with Crippen LogP contribution < -0.4 is 10.5 Å². The standard InChI is InChI=1S/C15H24N2O2/c1-11(2)14(16)9-10-17(3)15(18)12-5-7-13(19-4)8-6-12/h5-8,11,14H,9-10,16H2,1-4H3. The SMILES string of the molecule is COc1ccc(C(=O)N(C)CCC(N)C(C)C)cc1. The third-order valence-electron chi connectivity index (χ3n) is 3.34. The van der Waals surface area contributed by atoms with Crippen LogP contribution in [0.4, 0.5) is 0 Å². The topological polar surface area (TPSA) is 55.6 Å². The number of carbonyl (C=O) groups is 1. The lowest BCUT2D eigenvalue weighted by molar-refractivity contribution is 0.0789. The summed E-state index contributed by atoms with van der Waals surface area (Å²) >= 11 is 0. The molecule has 1 amide bonds. The minimum atomic E-state index is 0.0126. The number of hydrogen-bond acceptors (Lipinski definition) is 3. The molecule has 1 aromatic rings. The predicted molar refractivity (Wildman–Crippen MR) is 77.4 cm³/mol. The second-order valence-electron chi connectivity index (χ2n) is 5.15. The Morgan fingerprint density at radius 2 is 1.89 bits per heavy atom. The van der Waals surface area contributed by atoms with Crippen molar-refractivity contribution < 1.29 is 9.53 Å². The van der Waals surface area contributed by atoms with Crippen molar-refractivity contribution in [1.29, 1.82) is 0 Å². The number of nitrogens with zero attached hydrogens (tertiary/aromatic N) is 1. The van der Waals surface area contributed by atoms with Crippen molar-refractivity contribution in [3.8, 4) is 5.75 Å². The Bertz CT molecular complexity index is 401. The van der Waals surface area contributed by atoms with Gasteiger partial charge in [-0.05, 0) is 36.6 Å². The van der Waals surface area contributed by atoms with E-state index < -0.39 is 0 Å². The minimum Gasteiger partial charge on any atom is -0.497 e. The highest BCUT2D eigenvalue weighted by atomic mass is 16.5. The lowest BCUT2D eigenvalue weighted by atomic mass is 10.0. The monoisotopic (exact) mass is 264 g/mol. The Kier molecular flexibility index (Phi) is 5.83. The van der Waals surface area contributed by atoms with Gasteiger partial charge in [-0.25, -0.2) is 0 Å². The Balaban J connectivity index is 2.56. The summed E-state index contributed by atoms with van der Waals surface area (Å²) in [6.45, 7) is 4.86. The molecule has 4 heteroatoms. The van der Waals surface area contributed by atoms with Gasteiger partial charge >= 0.3 is 0 Å². The summed E-state index contributed by atoms with van der Waals surface area (Å²) in [6, 6.07) is 7.27. The molecular weight excluding hydrogens is 240 g/mol. The van der Waals surface area contributed by atoms with Gasteiger partial charge in [0.2, 0.25) is 0 Å². The minimum absolute atomic E-state index is 0.0126. The average molecular weight is 264 g/mol. The molecule has 0 bridgehead atoms. The van der Waals surface area contributed by atoms with Crippen LogP contribution in [-0.4, -0.2) is 37.6 Å². The molecule has 4 nitrogen and oxygen atoms in total. The van der Waals surface area contributed by atoms with Crippen LogP contribution in [0.25, 0.3) is 0 Å². The predicted octanol–water partition coefficient (Wildman–Crippen LogP) is 2.14. The molecule has 0 aliphatic heterocycles. The molecule has 0 heterocycles. The summed E-state index contributed by atoms with van der Waals surface area (Å²) in [5, 5.41) is 0. The first-order valence-electron chi connectivity index (χ1n) is 6.60. The molecule has 0 spiro atoms. The fourth-order valence-corrected chi connectivity index (χ4v) is 1.73. The van der Waals surface area contributed by atoms with Gasteiger partial charge in [-0.3, -0.25) is 4.79 Å². The molecule has 1 aromatic carbocycles. The molecule has 0 aliphatic carbocycles. The zero-order valence-electron chi connectivity index (χ0n) is 12.2. The Morgan fingerprint density at radius 3 is 2.37 bits per heavy atom. The van der Waals surface area contributed by atoms with Gasteiger partial charge in [0.05, 0.1) is 7.11 Å². The van der Waals surface area contributed by atoms with Crippen molar-refractivity contribution in [3.63, 3.8) is 0 Å². The lowest BCUT2D eigenvalue weighted by Crippen LogP contribution is -2.34. The lowest BCUT2D eigenvalue weighted by Gasteiger charge is -2.21. The number of hydrogen-bond donors (Lipinski definition) is 1. The fourth-order valence-electron chi connectivity index (χ4n) is 1.73.